The third kappa shape index (κ3) is 4.48. The lowest BCUT2D eigenvalue weighted by Crippen LogP contribution is -2.48. The highest BCUT2D eigenvalue weighted by Gasteiger charge is 2.45. The van der Waals surface area contributed by atoms with Crippen LogP contribution < -0.4 is 5.73 Å². The van der Waals surface area contributed by atoms with Crippen molar-refractivity contribution in [3.8, 4) is 0 Å². The molecule has 3 aliphatic rings. The average Bonchev–Trinajstić information content (AvgIpc) is 3.16. The number of nitrogens with zero attached hydrogens (tertiary/aromatic N) is 1. The molecule has 0 aromatic heterocycles. The van der Waals surface area contributed by atoms with E-state index in [0.29, 0.717) is 12.6 Å². The number of nitrogens with two attached hydrogens (primary N) is 1. The zero-order valence-electron chi connectivity index (χ0n) is 16.3. The third-order valence-corrected chi connectivity index (χ3v) is 6.42. The lowest BCUT2D eigenvalue weighted by Gasteiger charge is -2.42. The van der Waals surface area contributed by atoms with E-state index in [2.05, 4.69) is 0 Å². The normalized spacial score (nSPS) is 28.5. The van der Waals surface area contributed by atoms with Gasteiger partial charge in [0, 0.05) is 13.1 Å². The molecule has 3 rings (SSSR count). The Hall–Kier alpha value is -0.810. The van der Waals surface area contributed by atoms with Crippen molar-refractivity contribution in [3.05, 3.63) is 0 Å². The molecule has 1 unspecified atom stereocenters. The van der Waals surface area contributed by atoms with E-state index in [1.807, 2.05) is 25.7 Å². The first-order valence-corrected chi connectivity index (χ1v) is 10.1. The zero-order chi connectivity index (χ0) is 18.1. The summed E-state index contributed by atoms with van der Waals surface area (Å²) in [5, 5.41) is 0. The second-order valence-corrected chi connectivity index (χ2v) is 9.54. The van der Waals surface area contributed by atoms with Gasteiger partial charge in [-0.3, -0.25) is 0 Å². The van der Waals surface area contributed by atoms with Gasteiger partial charge in [0.2, 0.25) is 0 Å². The van der Waals surface area contributed by atoms with Crippen molar-refractivity contribution < 1.29 is 14.3 Å². The Morgan fingerprint density at radius 2 is 1.80 bits per heavy atom. The minimum Gasteiger partial charge on any atom is -0.444 e. The molecule has 0 aromatic carbocycles. The second kappa shape index (κ2) is 7.07. The summed E-state index contributed by atoms with van der Waals surface area (Å²) in [6.07, 6.45) is 10.6. The molecule has 1 spiro atoms. The van der Waals surface area contributed by atoms with Crippen LogP contribution in [0, 0.1) is 5.41 Å². The van der Waals surface area contributed by atoms with Crippen molar-refractivity contribution in [2.75, 3.05) is 19.6 Å². The molecule has 1 amide bonds. The molecule has 0 bridgehead atoms. The minimum absolute atomic E-state index is 0.118. The fraction of sp³-hybridized carbons (Fsp3) is 0.950. The first-order chi connectivity index (χ1) is 11.7. The van der Waals surface area contributed by atoms with E-state index < -0.39 is 5.60 Å². The molecule has 2 heterocycles. The van der Waals surface area contributed by atoms with E-state index in [1.54, 1.807) is 0 Å². The van der Waals surface area contributed by atoms with Gasteiger partial charge in [-0.15, -0.1) is 0 Å². The molecule has 2 N–H and O–H groups in total. The number of piperidine rings is 1. The summed E-state index contributed by atoms with van der Waals surface area (Å²) in [5.41, 5.74) is 6.07. The predicted octanol–water partition coefficient (Wildman–Crippen LogP) is 3.84. The molecule has 3 fully saturated rings. The number of carbonyl (C=O) groups excluding carboxylic acids is 1. The lowest BCUT2D eigenvalue weighted by molar-refractivity contribution is -0.0601. The SMILES string of the molecule is CC(C)(C)OC(=O)N1CCC(CN)(CC2CCC3(CCCC3)O2)CC1. The van der Waals surface area contributed by atoms with Gasteiger partial charge in [-0.05, 0) is 77.7 Å². The van der Waals surface area contributed by atoms with Crippen molar-refractivity contribution >= 4 is 6.09 Å². The summed E-state index contributed by atoms with van der Waals surface area (Å²) in [6.45, 7) is 7.90. The third-order valence-electron chi connectivity index (χ3n) is 6.42. The molecular weight excluding hydrogens is 316 g/mol. The number of carbonyl (C=O) groups is 1. The van der Waals surface area contributed by atoms with Crippen molar-refractivity contribution in [2.24, 2.45) is 11.1 Å². The van der Waals surface area contributed by atoms with Crippen LogP contribution in [0.2, 0.25) is 0 Å². The van der Waals surface area contributed by atoms with Gasteiger partial charge < -0.3 is 20.1 Å². The maximum atomic E-state index is 12.3. The summed E-state index contributed by atoms with van der Waals surface area (Å²) in [5.74, 6) is 0. The smallest absolute Gasteiger partial charge is 0.410 e. The molecule has 25 heavy (non-hydrogen) atoms. The highest BCUT2D eigenvalue weighted by molar-refractivity contribution is 5.68. The largest absolute Gasteiger partial charge is 0.444 e. The Morgan fingerprint density at radius 1 is 1.16 bits per heavy atom. The number of ether oxygens (including phenoxy) is 2. The first kappa shape index (κ1) is 19.0. The Morgan fingerprint density at radius 3 is 2.36 bits per heavy atom. The molecule has 0 radical (unpaired) electrons. The Labute approximate surface area is 152 Å². The van der Waals surface area contributed by atoms with Gasteiger partial charge in [0.1, 0.15) is 5.60 Å². The maximum Gasteiger partial charge on any atom is 0.410 e. The molecule has 5 heteroatoms. The monoisotopic (exact) mass is 352 g/mol. The number of hydrogen-bond acceptors (Lipinski definition) is 4. The van der Waals surface area contributed by atoms with Crippen molar-refractivity contribution in [3.63, 3.8) is 0 Å². The van der Waals surface area contributed by atoms with Gasteiger partial charge in [-0.25, -0.2) is 4.79 Å². The topological polar surface area (TPSA) is 64.8 Å². The minimum atomic E-state index is -0.438. The van der Waals surface area contributed by atoms with Crippen LogP contribution in [0.4, 0.5) is 4.79 Å². The lowest BCUT2D eigenvalue weighted by atomic mass is 9.74. The van der Waals surface area contributed by atoms with Gasteiger partial charge in [0.15, 0.2) is 0 Å². The molecule has 2 aliphatic heterocycles. The maximum absolute atomic E-state index is 12.3. The number of hydrogen-bond donors (Lipinski definition) is 1. The summed E-state index contributed by atoms with van der Waals surface area (Å²) in [6, 6.07) is 0. The van der Waals surface area contributed by atoms with E-state index in [1.165, 1.54) is 38.5 Å². The molecule has 5 nitrogen and oxygen atoms in total. The van der Waals surface area contributed by atoms with Crippen LogP contribution in [-0.4, -0.2) is 47.9 Å². The standard InChI is InChI=1S/C20H36N2O3/c1-18(2,3)25-17(23)22-12-10-19(15-21,11-13-22)14-16-6-9-20(24-16)7-4-5-8-20/h16H,4-15,21H2,1-3H3. The Balaban J connectivity index is 1.52. The molecular formula is C20H36N2O3. The molecule has 0 aromatic rings. The van der Waals surface area contributed by atoms with Gasteiger partial charge in [0.05, 0.1) is 11.7 Å². The van der Waals surface area contributed by atoms with Crippen LogP contribution in [0.25, 0.3) is 0 Å². The van der Waals surface area contributed by atoms with Crippen molar-refractivity contribution in [2.45, 2.75) is 95.9 Å². The molecule has 1 aliphatic carbocycles. The molecule has 1 atom stereocenters. The fourth-order valence-electron chi connectivity index (χ4n) is 4.89. The number of rotatable bonds is 3. The first-order valence-electron chi connectivity index (χ1n) is 10.1. The Bertz CT molecular complexity index is 472. The summed E-state index contributed by atoms with van der Waals surface area (Å²) in [4.78, 5) is 14.1. The Kier molecular flexibility index (Phi) is 5.36. The number of likely N-dealkylation sites (tertiary alicyclic amines) is 1. The second-order valence-electron chi connectivity index (χ2n) is 9.54. The van der Waals surface area contributed by atoms with Crippen LogP contribution >= 0.6 is 0 Å². The quantitative estimate of drug-likeness (QED) is 0.838. The molecule has 2 saturated heterocycles. The predicted molar refractivity (Wildman–Crippen MR) is 98.5 cm³/mol. The van der Waals surface area contributed by atoms with Crippen molar-refractivity contribution in [1.82, 2.24) is 4.90 Å². The van der Waals surface area contributed by atoms with Gasteiger partial charge >= 0.3 is 6.09 Å². The zero-order valence-corrected chi connectivity index (χ0v) is 16.3. The van der Waals surface area contributed by atoms with Crippen LogP contribution in [0.15, 0.2) is 0 Å². The van der Waals surface area contributed by atoms with Crippen LogP contribution in [0.5, 0.6) is 0 Å². The van der Waals surface area contributed by atoms with Crippen molar-refractivity contribution in [1.29, 1.82) is 0 Å². The van der Waals surface area contributed by atoms with E-state index in [4.69, 9.17) is 15.2 Å². The van der Waals surface area contributed by atoms with Crippen LogP contribution in [-0.2, 0) is 9.47 Å². The average molecular weight is 353 g/mol. The fourth-order valence-corrected chi connectivity index (χ4v) is 4.89. The van der Waals surface area contributed by atoms with E-state index in [-0.39, 0.29) is 17.1 Å². The van der Waals surface area contributed by atoms with E-state index in [9.17, 15) is 4.79 Å². The van der Waals surface area contributed by atoms with Crippen LogP contribution in [0.1, 0.15) is 78.6 Å². The molecule has 1 saturated carbocycles. The summed E-state index contributed by atoms with van der Waals surface area (Å²) >= 11 is 0. The highest BCUT2D eigenvalue weighted by atomic mass is 16.6. The van der Waals surface area contributed by atoms with Crippen LogP contribution in [0.3, 0.4) is 0 Å². The molecule has 144 valence electrons. The van der Waals surface area contributed by atoms with E-state index in [0.717, 1.165) is 32.4 Å². The highest BCUT2D eigenvalue weighted by Crippen LogP contribution is 2.47. The summed E-state index contributed by atoms with van der Waals surface area (Å²) in [7, 11) is 0. The van der Waals surface area contributed by atoms with E-state index >= 15 is 0 Å². The summed E-state index contributed by atoms with van der Waals surface area (Å²) < 4.78 is 12.0. The van der Waals surface area contributed by atoms with Gasteiger partial charge in [-0.1, -0.05) is 12.8 Å². The number of amides is 1. The van der Waals surface area contributed by atoms with Gasteiger partial charge in [0.25, 0.3) is 0 Å². The van der Waals surface area contributed by atoms with Gasteiger partial charge in [-0.2, -0.15) is 0 Å².